The minimum Gasteiger partial charge on any atom is -0.339 e. The molecule has 4 nitrogen and oxygen atoms in total. The van der Waals surface area contributed by atoms with Crippen molar-refractivity contribution >= 4 is 38.2 Å². The van der Waals surface area contributed by atoms with E-state index < -0.39 is 10.0 Å². The van der Waals surface area contributed by atoms with E-state index in [1.165, 1.54) is 5.56 Å². The Labute approximate surface area is 159 Å². The maximum absolute atomic E-state index is 12.6. The number of rotatable bonds is 4. The van der Waals surface area contributed by atoms with Crippen molar-refractivity contribution in [3.8, 4) is 0 Å². The molecule has 1 aliphatic heterocycles. The number of hydrogen-bond donors (Lipinski definition) is 1. The third-order valence-electron chi connectivity index (χ3n) is 4.34. The van der Waals surface area contributed by atoms with E-state index in [2.05, 4.69) is 23.6 Å². The molecule has 0 unspecified atom stereocenters. The van der Waals surface area contributed by atoms with Gasteiger partial charge in [-0.05, 0) is 48.4 Å². The van der Waals surface area contributed by atoms with Crippen LogP contribution in [-0.2, 0) is 10.0 Å². The first-order valence-corrected chi connectivity index (χ1v) is 11.1. The number of benzene rings is 2. The summed E-state index contributed by atoms with van der Waals surface area (Å²) < 4.78 is 29.2. The number of nitrogens with zero attached hydrogens (tertiary/aromatic N) is 1. The number of amidine groups is 1. The maximum Gasteiger partial charge on any atom is 0.285 e. The monoisotopic (exact) mass is 386 g/mol. The molecule has 0 bridgehead atoms. The smallest absolute Gasteiger partial charge is 0.285 e. The third kappa shape index (κ3) is 3.71. The van der Waals surface area contributed by atoms with Crippen LogP contribution in [0, 0.1) is 0 Å². The molecule has 0 spiro atoms. The molecule has 6 heteroatoms. The van der Waals surface area contributed by atoms with E-state index in [1.807, 2.05) is 54.8 Å². The van der Waals surface area contributed by atoms with Gasteiger partial charge in [-0.1, -0.05) is 44.2 Å². The molecule has 136 valence electrons. The molecule has 1 aliphatic rings. The predicted octanol–water partition coefficient (Wildman–Crippen LogP) is 5.12. The van der Waals surface area contributed by atoms with Crippen molar-refractivity contribution in [1.82, 2.24) is 0 Å². The van der Waals surface area contributed by atoms with Crippen molar-refractivity contribution in [2.45, 2.75) is 31.6 Å². The Bertz CT molecular complexity index is 989. The first-order valence-electron chi connectivity index (χ1n) is 8.39. The molecular weight excluding hydrogens is 364 g/mol. The van der Waals surface area contributed by atoms with E-state index in [0.717, 1.165) is 10.6 Å². The zero-order valence-corrected chi connectivity index (χ0v) is 16.9. The fraction of sp³-hybridized carbons (Fsp3) is 0.250. The molecule has 0 saturated heterocycles. The highest BCUT2D eigenvalue weighted by atomic mass is 32.2. The Balaban J connectivity index is 1.96. The number of thioether (sulfide) groups is 1. The summed E-state index contributed by atoms with van der Waals surface area (Å²) in [7, 11) is -3.71. The molecule has 1 N–H and O–H groups in total. The van der Waals surface area contributed by atoms with Gasteiger partial charge in [0.25, 0.3) is 10.0 Å². The van der Waals surface area contributed by atoms with Gasteiger partial charge in [-0.25, -0.2) is 0 Å². The lowest BCUT2D eigenvalue weighted by atomic mass is 10.0. The van der Waals surface area contributed by atoms with Crippen molar-refractivity contribution in [2.24, 2.45) is 4.40 Å². The Hall–Kier alpha value is -2.05. The molecule has 26 heavy (non-hydrogen) atoms. The van der Waals surface area contributed by atoms with Crippen LogP contribution < -0.4 is 5.32 Å². The van der Waals surface area contributed by atoms with Crippen LogP contribution in [0.5, 0.6) is 0 Å². The number of hydrogen-bond acceptors (Lipinski definition) is 4. The van der Waals surface area contributed by atoms with E-state index in [4.69, 9.17) is 0 Å². The predicted molar refractivity (Wildman–Crippen MR) is 111 cm³/mol. The molecule has 0 radical (unpaired) electrons. The van der Waals surface area contributed by atoms with Crippen LogP contribution in [0.4, 0.5) is 5.69 Å². The van der Waals surface area contributed by atoms with Crippen LogP contribution >= 0.6 is 11.8 Å². The van der Waals surface area contributed by atoms with Crippen LogP contribution in [0.3, 0.4) is 0 Å². The highest BCUT2D eigenvalue weighted by molar-refractivity contribution is 8.00. The third-order valence-corrected chi connectivity index (χ3v) is 6.54. The van der Waals surface area contributed by atoms with Gasteiger partial charge in [-0.2, -0.15) is 8.42 Å². The summed E-state index contributed by atoms with van der Waals surface area (Å²) in [5.41, 5.74) is 3.30. The lowest BCUT2D eigenvalue weighted by Gasteiger charge is -2.09. The highest BCUT2D eigenvalue weighted by Crippen LogP contribution is 2.33. The summed E-state index contributed by atoms with van der Waals surface area (Å²) in [6, 6.07) is 15.5. The van der Waals surface area contributed by atoms with Gasteiger partial charge in [0.15, 0.2) is 0 Å². The van der Waals surface area contributed by atoms with Gasteiger partial charge < -0.3 is 5.32 Å². The number of sulfonamides is 1. The second-order valence-electron chi connectivity index (χ2n) is 6.50. The first kappa shape index (κ1) is 18.7. The van der Waals surface area contributed by atoms with Crippen LogP contribution in [0.15, 0.2) is 63.4 Å². The molecular formula is C20H22N2O2S2. The summed E-state index contributed by atoms with van der Waals surface area (Å²) in [6.45, 7) is 6.01. The van der Waals surface area contributed by atoms with Crippen molar-refractivity contribution in [3.63, 3.8) is 0 Å². The molecule has 0 fully saturated rings. The standard InChI is InChI=1S/C20H22N2O2S2/c1-13(2)15-8-10-16(11-9-15)19-14(3)20(22-26(19,23)24)21-17-6-5-7-18(12-17)25-4/h5-13H,1-4H3,(H,21,22). The maximum atomic E-state index is 12.6. The SMILES string of the molecule is CSc1cccc(NC2=NS(=O)(=O)C(c3ccc(C(C)C)cc3)=C2C)c1. The molecule has 0 aromatic heterocycles. The van der Waals surface area contributed by atoms with Crippen LogP contribution in [0.1, 0.15) is 37.8 Å². The molecule has 0 amide bonds. The normalized spacial score (nSPS) is 16.1. The Morgan fingerprint density at radius 1 is 1.08 bits per heavy atom. The average Bonchev–Trinajstić information content (AvgIpc) is 2.83. The lowest BCUT2D eigenvalue weighted by molar-refractivity contribution is 0.608. The second-order valence-corrected chi connectivity index (χ2v) is 8.92. The molecule has 0 atom stereocenters. The zero-order valence-electron chi connectivity index (χ0n) is 15.3. The minimum absolute atomic E-state index is 0.274. The van der Waals surface area contributed by atoms with Crippen LogP contribution in [-0.4, -0.2) is 20.5 Å². The summed E-state index contributed by atoms with van der Waals surface area (Å²) in [5, 5.41) is 3.15. The first-order chi connectivity index (χ1) is 12.3. The van der Waals surface area contributed by atoms with E-state index in [0.29, 0.717) is 22.9 Å². The molecule has 2 aromatic rings. The van der Waals surface area contributed by atoms with Crippen molar-refractivity contribution in [2.75, 3.05) is 11.6 Å². The fourth-order valence-electron chi connectivity index (χ4n) is 2.87. The van der Waals surface area contributed by atoms with Gasteiger partial charge in [0.1, 0.15) is 10.7 Å². The van der Waals surface area contributed by atoms with E-state index in [1.54, 1.807) is 18.7 Å². The average molecular weight is 387 g/mol. The van der Waals surface area contributed by atoms with Gasteiger partial charge >= 0.3 is 0 Å². The summed E-state index contributed by atoms with van der Waals surface area (Å²) in [6.07, 6.45) is 2.00. The fourth-order valence-corrected chi connectivity index (χ4v) is 4.77. The molecule has 0 aliphatic carbocycles. The van der Waals surface area contributed by atoms with Crippen molar-refractivity contribution in [3.05, 3.63) is 65.2 Å². The van der Waals surface area contributed by atoms with Gasteiger partial charge in [-0.3, -0.25) is 0 Å². The van der Waals surface area contributed by atoms with Crippen molar-refractivity contribution < 1.29 is 8.42 Å². The van der Waals surface area contributed by atoms with Gasteiger partial charge in [0.05, 0.1) is 0 Å². The Kier molecular flexibility index (Phi) is 5.25. The minimum atomic E-state index is -3.71. The molecule has 3 rings (SSSR count). The topological polar surface area (TPSA) is 58.5 Å². The summed E-state index contributed by atoms with van der Waals surface area (Å²) in [5.74, 6) is 0.780. The Morgan fingerprint density at radius 2 is 1.77 bits per heavy atom. The zero-order chi connectivity index (χ0) is 18.9. The van der Waals surface area contributed by atoms with E-state index in [-0.39, 0.29) is 4.91 Å². The van der Waals surface area contributed by atoms with Gasteiger partial charge in [0, 0.05) is 16.2 Å². The lowest BCUT2D eigenvalue weighted by Crippen LogP contribution is -2.11. The van der Waals surface area contributed by atoms with E-state index in [9.17, 15) is 8.42 Å². The summed E-state index contributed by atoms with van der Waals surface area (Å²) in [4.78, 5) is 1.37. The Morgan fingerprint density at radius 3 is 2.38 bits per heavy atom. The molecule has 0 saturated carbocycles. The quantitative estimate of drug-likeness (QED) is 0.741. The highest BCUT2D eigenvalue weighted by Gasteiger charge is 2.31. The van der Waals surface area contributed by atoms with Crippen molar-refractivity contribution in [1.29, 1.82) is 0 Å². The van der Waals surface area contributed by atoms with Crippen LogP contribution in [0.25, 0.3) is 4.91 Å². The summed E-state index contributed by atoms with van der Waals surface area (Å²) >= 11 is 1.63. The molecule has 2 aromatic carbocycles. The molecule has 1 heterocycles. The number of nitrogens with one attached hydrogen (secondary N) is 1. The van der Waals surface area contributed by atoms with E-state index >= 15 is 0 Å². The largest absolute Gasteiger partial charge is 0.339 e. The van der Waals surface area contributed by atoms with Gasteiger partial charge in [-0.15, -0.1) is 16.2 Å². The second kappa shape index (κ2) is 7.29. The van der Waals surface area contributed by atoms with Crippen LogP contribution in [0.2, 0.25) is 0 Å². The van der Waals surface area contributed by atoms with Gasteiger partial charge in [0.2, 0.25) is 0 Å². The number of anilines is 1.